The van der Waals surface area contributed by atoms with E-state index in [2.05, 4.69) is 93.1 Å². The molecule has 2 nitrogen and oxygen atoms in total. The zero-order valence-electron chi connectivity index (χ0n) is 12.3. The maximum Gasteiger partial charge on any atom is 0.0665 e. The molecule has 0 aliphatic heterocycles. The third-order valence-electron chi connectivity index (χ3n) is 3.69. The maximum absolute atomic E-state index is 6.09. The standard InChI is InChI=1S/C17H20Br2N2/c1-3-21(16-7-5-4-6-12(16)2)17(11-20)13-8-9-14(18)15(19)10-13/h4-10,17H,3,11,20H2,1-2H3. The van der Waals surface area contributed by atoms with Gasteiger partial charge < -0.3 is 10.6 Å². The highest BCUT2D eigenvalue weighted by Crippen LogP contribution is 2.32. The van der Waals surface area contributed by atoms with Crippen LogP contribution in [0.5, 0.6) is 0 Å². The van der Waals surface area contributed by atoms with E-state index >= 15 is 0 Å². The maximum atomic E-state index is 6.09. The zero-order valence-corrected chi connectivity index (χ0v) is 15.5. The Bertz CT molecular complexity index is 613. The van der Waals surface area contributed by atoms with Gasteiger partial charge in [-0.3, -0.25) is 0 Å². The van der Waals surface area contributed by atoms with Gasteiger partial charge in [0.1, 0.15) is 0 Å². The first-order valence-electron chi connectivity index (χ1n) is 7.05. The van der Waals surface area contributed by atoms with Gasteiger partial charge in [-0.1, -0.05) is 24.3 Å². The average molecular weight is 412 g/mol. The third kappa shape index (κ3) is 3.68. The summed E-state index contributed by atoms with van der Waals surface area (Å²) >= 11 is 7.10. The van der Waals surface area contributed by atoms with Crippen molar-refractivity contribution in [2.45, 2.75) is 19.9 Å². The van der Waals surface area contributed by atoms with Gasteiger partial charge in [-0.2, -0.15) is 0 Å². The summed E-state index contributed by atoms with van der Waals surface area (Å²) in [5, 5.41) is 0. The highest BCUT2D eigenvalue weighted by atomic mass is 79.9. The Morgan fingerprint density at radius 3 is 2.38 bits per heavy atom. The van der Waals surface area contributed by atoms with E-state index in [1.807, 2.05) is 0 Å². The van der Waals surface area contributed by atoms with Crippen LogP contribution in [-0.2, 0) is 0 Å². The number of hydrogen-bond donors (Lipinski definition) is 1. The van der Waals surface area contributed by atoms with Crippen molar-refractivity contribution in [1.29, 1.82) is 0 Å². The van der Waals surface area contributed by atoms with E-state index in [9.17, 15) is 0 Å². The quantitative estimate of drug-likeness (QED) is 0.745. The molecule has 0 amide bonds. The molecule has 1 unspecified atom stereocenters. The van der Waals surface area contributed by atoms with Crippen LogP contribution in [0.1, 0.15) is 24.1 Å². The summed E-state index contributed by atoms with van der Waals surface area (Å²) in [7, 11) is 0. The number of halogens is 2. The van der Waals surface area contributed by atoms with E-state index in [-0.39, 0.29) is 6.04 Å². The fourth-order valence-electron chi connectivity index (χ4n) is 2.61. The Kier molecular flexibility index (Phi) is 5.85. The molecule has 0 saturated carbocycles. The number of aryl methyl sites for hydroxylation is 1. The van der Waals surface area contributed by atoms with Gasteiger partial charge in [-0.15, -0.1) is 0 Å². The van der Waals surface area contributed by atoms with Crippen LogP contribution in [0.25, 0.3) is 0 Å². The highest BCUT2D eigenvalue weighted by molar-refractivity contribution is 9.13. The molecule has 0 heterocycles. The van der Waals surface area contributed by atoms with Crippen molar-refractivity contribution in [3.8, 4) is 0 Å². The number of nitrogens with two attached hydrogens (primary N) is 1. The topological polar surface area (TPSA) is 29.3 Å². The number of nitrogens with zero attached hydrogens (tertiary/aromatic N) is 1. The number of hydrogen-bond acceptors (Lipinski definition) is 2. The lowest BCUT2D eigenvalue weighted by atomic mass is 10.0. The Morgan fingerprint density at radius 2 is 1.81 bits per heavy atom. The molecule has 1 atom stereocenters. The number of anilines is 1. The zero-order chi connectivity index (χ0) is 15.4. The first kappa shape index (κ1) is 16.5. The number of benzene rings is 2. The monoisotopic (exact) mass is 410 g/mol. The molecular weight excluding hydrogens is 392 g/mol. The Labute approximate surface area is 143 Å². The molecule has 0 bridgehead atoms. The van der Waals surface area contributed by atoms with Crippen LogP contribution in [0, 0.1) is 6.92 Å². The van der Waals surface area contributed by atoms with Crippen LogP contribution in [0.2, 0.25) is 0 Å². The normalized spacial score (nSPS) is 12.2. The van der Waals surface area contributed by atoms with E-state index in [1.54, 1.807) is 0 Å². The lowest BCUT2D eigenvalue weighted by Crippen LogP contribution is -2.34. The summed E-state index contributed by atoms with van der Waals surface area (Å²) in [6, 6.07) is 15.0. The Morgan fingerprint density at radius 1 is 1.10 bits per heavy atom. The molecule has 112 valence electrons. The molecule has 4 heteroatoms. The number of para-hydroxylation sites is 1. The molecule has 2 rings (SSSR count). The third-order valence-corrected chi connectivity index (χ3v) is 5.57. The Hall–Kier alpha value is -0.840. The van der Waals surface area contributed by atoms with E-state index in [1.165, 1.54) is 16.8 Å². The molecule has 0 spiro atoms. The second kappa shape index (κ2) is 7.43. The fourth-order valence-corrected chi connectivity index (χ4v) is 3.25. The summed E-state index contributed by atoms with van der Waals surface area (Å²) in [6.45, 7) is 5.81. The average Bonchev–Trinajstić information content (AvgIpc) is 2.49. The second-order valence-corrected chi connectivity index (χ2v) is 6.71. The van der Waals surface area contributed by atoms with Crippen LogP contribution in [0.3, 0.4) is 0 Å². The minimum Gasteiger partial charge on any atom is -0.363 e. The molecule has 0 saturated heterocycles. The molecule has 0 aliphatic carbocycles. The van der Waals surface area contributed by atoms with Crippen LogP contribution in [0.15, 0.2) is 51.4 Å². The van der Waals surface area contributed by atoms with Crippen molar-refractivity contribution in [2.75, 3.05) is 18.0 Å². The molecule has 2 N–H and O–H groups in total. The Balaban J connectivity index is 2.42. The van der Waals surface area contributed by atoms with Crippen LogP contribution >= 0.6 is 31.9 Å². The van der Waals surface area contributed by atoms with Crippen molar-refractivity contribution in [3.05, 3.63) is 62.5 Å². The highest BCUT2D eigenvalue weighted by Gasteiger charge is 2.20. The van der Waals surface area contributed by atoms with Gasteiger partial charge in [0.2, 0.25) is 0 Å². The lowest BCUT2D eigenvalue weighted by Gasteiger charge is -2.33. The van der Waals surface area contributed by atoms with Crippen LogP contribution in [0.4, 0.5) is 5.69 Å². The van der Waals surface area contributed by atoms with Crippen molar-refractivity contribution < 1.29 is 0 Å². The van der Waals surface area contributed by atoms with Gasteiger partial charge in [0.15, 0.2) is 0 Å². The second-order valence-electron chi connectivity index (χ2n) is 5.00. The minimum atomic E-state index is 0.167. The molecule has 21 heavy (non-hydrogen) atoms. The number of likely N-dealkylation sites (N-methyl/N-ethyl adjacent to an activating group) is 1. The molecule has 0 fully saturated rings. The van der Waals surface area contributed by atoms with E-state index in [0.717, 1.165) is 15.5 Å². The van der Waals surface area contributed by atoms with Gasteiger partial charge in [0, 0.05) is 27.7 Å². The largest absolute Gasteiger partial charge is 0.363 e. The molecule has 0 radical (unpaired) electrons. The van der Waals surface area contributed by atoms with Crippen LogP contribution in [-0.4, -0.2) is 13.1 Å². The fraction of sp³-hybridized carbons (Fsp3) is 0.294. The number of rotatable bonds is 5. The molecule has 2 aromatic rings. The van der Waals surface area contributed by atoms with Crippen molar-refractivity contribution in [2.24, 2.45) is 5.73 Å². The van der Waals surface area contributed by atoms with Crippen molar-refractivity contribution >= 4 is 37.5 Å². The summed E-state index contributed by atoms with van der Waals surface area (Å²) in [5.41, 5.74) is 9.83. The first-order chi connectivity index (χ1) is 10.1. The summed E-state index contributed by atoms with van der Waals surface area (Å²) in [4.78, 5) is 2.37. The SMILES string of the molecule is CCN(c1ccccc1C)C(CN)c1ccc(Br)c(Br)c1. The van der Waals surface area contributed by atoms with Crippen molar-refractivity contribution in [1.82, 2.24) is 0 Å². The predicted octanol–water partition coefficient (Wildman–Crippen LogP) is 5.05. The van der Waals surface area contributed by atoms with Gasteiger partial charge in [-0.05, 0) is 75.0 Å². The minimum absolute atomic E-state index is 0.167. The summed E-state index contributed by atoms with van der Waals surface area (Å²) < 4.78 is 2.11. The predicted molar refractivity (Wildman–Crippen MR) is 97.8 cm³/mol. The van der Waals surface area contributed by atoms with E-state index < -0.39 is 0 Å². The van der Waals surface area contributed by atoms with Gasteiger partial charge >= 0.3 is 0 Å². The molecule has 2 aromatic carbocycles. The summed E-state index contributed by atoms with van der Waals surface area (Å²) in [6.07, 6.45) is 0. The van der Waals surface area contributed by atoms with Gasteiger partial charge in [-0.25, -0.2) is 0 Å². The smallest absolute Gasteiger partial charge is 0.0665 e. The van der Waals surface area contributed by atoms with E-state index in [0.29, 0.717) is 6.54 Å². The lowest BCUT2D eigenvalue weighted by molar-refractivity contribution is 0.641. The van der Waals surface area contributed by atoms with Gasteiger partial charge in [0.25, 0.3) is 0 Å². The molecular formula is C17H20Br2N2. The first-order valence-corrected chi connectivity index (χ1v) is 8.64. The molecule has 0 aromatic heterocycles. The van der Waals surface area contributed by atoms with Crippen molar-refractivity contribution in [3.63, 3.8) is 0 Å². The van der Waals surface area contributed by atoms with Gasteiger partial charge in [0.05, 0.1) is 6.04 Å². The summed E-state index contributed by atoms with van der Waals surface area (Å²) in [5.74, 6) is 0. The van der Waals surface area contributed by atoms with Crippen LogP contribution < -0.4 is 10.6 Å². The van der Waals surface area contributed by atoms with E-state index in [4.69, 9.17) is 5.73 Å². The molecule has 0 aliphatic rings.